The first-order chi connectivity index (χ1) is 8.50. The molecule has 0 radical (unpaired) electrons. The Hall–Kier alpha value is -1.75. The molecule has 0 amide bonds. The van der Waals surface area contributed by atoms with Crippen LogP contribution in [-0.4, -0.2) is 30.4 Å². The lowest BCUT2D eigenvalue weighted by Gasteiger charge is -2.42. The number of hydrogen-bond donors (Lipinski definition) is 2. The zero-order valence-electron chi connectivity index (χ0n) is 10.3. The molecule has 0 atom stereocenters. The van der Waals surface area contributed by atoms with Crippen molar-refractivity contribution in [2.75, 3.05) is 14.2 Å². The summed E-state index contributed by atoms with van der Waals surface area (Å²) in [4.78, 5) is 10.8. The Labute approximate surface area is 105 Å². The second-order valence-corrected chi connectivity index (χ2v) is 4.54. The number of aliphatic hydroxyl groups is 1. The van der Waals surface area contributed by atoms with Crippen LogP contribution in [0.4, 0.5) is 0 Å². The molecule has 1 fully saturated rings. The molecule has 0 heterocycles. The molecule has 2 rings (SSSR count). The predicted octanol–water partition coefficient (Wildman–Crippen LogP) is 1.39. The van der Waals surface area contributed by atoms with E-state index in [9.17, 15) is 9.90 Å². The van der Waals surface area contributed by atoms with Gasteiger partial charge in [-0.25, -0.2) is 0 Å². The van der Waals surface area contributed by atoms with Gasteiger partial charge in [-0.2, -0.15) is 0 Å². The lowest BCUT2D eigenvalue weighted by Crippen LogP contribution is -2.44. The van der Waals surface area contributed by atoms with Crippen molar-refractivity contribution in [2.24, 2.45) is 5.92 Å². The number of methoxy groups -OCH3 is 2. The van der Waals surface area contributed by atoms with Crippen molar-refractivity contribution in [3.05, 3.63) is 23.8 Å². The summed E-state index contributed by atoms with van der Waals surface area (Å²) >= 11 is 0. The Kier molecular flexibility index (Phi) is 3.17. The van der Waals surface area contributed by atoms with Crippen LogP contribution in [0.5, 0.6) is 11.5 Å². The summed E-state index contributed by atoms with van der Waals surface area (Å²) in [5.41, 5.74) is -0.402. The second kappa shape index (κ2) is 4.49. The second-order valence-electron chi connectivity index (χ2n) is 4.54. The number of aliphatic carboxylic acids is 1. The number of ether oxygens (including phenoxy) is 2. The minimum atomic E-state index is -1.07. The maximum absolute atomic E-state index is 10.8. The van der Waals surface area contributed by atoms with E-state index in [0.717, 1.165) is 0 Å². The molecule has 1 aliphatic rings. The van der Waals surface area contributed by atoms with E-state index in [-0.39, 0.29) is 12.8 Å². The lowest BCUT2D eigenvalue weighted by atomic mass is 9.67. The third kappa shape index (κ3) is 2.01. The third-order valence-electron chi connectivity index (χ3n) is 3.44. The summed E-state index contributed by atoms with van der Waals surface area (Å²) < 4.78 is 10.3. The maximum atomic E-state index is 10.8. The van der Waals surface area contributed by atoms with Gasteiger partial charge < -0.3 is 19.7 Å². The Morgan fingerprint density at radius 1 is 1.28 bits per heavy atom. The van der Waals surface area contributed by atoms with E-state index in [4.69, 9.17) is 14.6 Å². The van der Waals surface area contributed by atoms with Crippen molar-refractivity contribution in [1.82, 2.24) is 0 Å². The van der Waals surface area contributed by atoms with Crippen LogP contribution in [0.15, 0.2) is 18.2 Å². The standard InChI is InChI=1S/C13H16O5/c1-17-10-4-3-9(5-11(10)18-2)13(16)6-8(7-13)12(14)15/h3-5,8,16H,6-7H2,1-2H3,(H,14,15). The molecule has 18 heavy (non-hydrogen) atoms. The van der Waals surface area contributed by atoms with E-state index in [1.165, 1.54) is 14.2 Å². The molecule has 2 N–H and O–H groups in total. The quantitative estimate of drug-likeness (QED) is 0.846. The van der Waals surface area contributed by atoms with Crippen LogP contribution < -0.4 is 9.47 Å². The normalized spacial score (nSPS) is 26.3. The van der Waals surface area contributed by atoms with Crippen LogP contribution in [0.2, 0.25) is 0 Å². The van der Waals surface area contributed by atoms with Gasteiger partial charge in [-0.05, 0) is 30.5 Å². The van der Waals surface area contributed by atoms with E-state index in [1.54, 1.807) is 18.2 Å². The van der Waals surface area contributed by atoms with E-state index < -0.39 is 17.5 Å². The van der Waals surface area contributed by atoms with Gasteiger partial charge in [0.2, 0.25) is 0 Å². The molecule has 0 unspecified atom stereocenters. The fourth-order valence-electron chi connectivity index (χ4n) is 2.29. The Bertz CT molecular complexity index is 462. The molecule has 1 saturated carbocycles. The summed E-state index contributed by atoms with van der Waals surface area (Å²) in [7, 11) is 3.06. The molecule has 1 aromatic carbocycles. The van der Waals surface area contributed by atoms with Gasteiger partial charge in [0.1, 0.15) is 0 Å². The first-order valence-corrected chi connectivity index (χ1v) is 5.68. The van der Waals surface area contributed by atoms with E-state index in [0.29, 0.717) is 17.1 Å². The van der Waals surface area contributed by atoms with Gasteiger partial charge in [-0.1, -0.05) is 6.07 Å². The molecule has 5 heteroatoms. The van der Waals surface area contributed by atoms with Crippen LogP contribution >= 0.6 is 0 Å². The minimum Gasteiger partial charge on any atom is -0.493 e. The highest BCUT2D eigenvalue weighted by Crippen LogP contribution is 2.47. The van der Waals surface area contributed by atoms with Crippen molar-refractivity contribution >= 4 is 5.97 Å². The number of carbonyl (C=O) groups is 1. The average Bonchev–Trinajstić information content (AvgIpc) is 2.33. The number of hydrogen-bond acceptors (Lipinski definition) is 4. The maximum Gasteiger partial charge on any atom is 0.306 e. The molecule has 0 aliphatic heterocycles. The van der Waals surface area contributed by atoms with Crippen LogP contribution in [-0.2, 0) is 10.4 Å². The first-order valence-electron chi connectivity index (χ1n) is 5.68. The number of benzene rings is 1. The first kappa shape index (κ1) is 12.7. The Morgan fingerprint density at radius 3 is 2.39 bits per heavy atom. The molecule has 0 spiro atoms. The van der Waals surface area contributed by atoms with Crippen molar-refractivity contribution in [3.63, 3.8) is 0 Å². The molecule has 0 aromatic heterocycles. The smallest absolute Gasteiger partial charge is 0.306 e. The van der Waals surface area contributed by atoms with Crippen molar-refractivity contribution < 1.29 is 24.5 Å². The SMILES string of the molecule is COc1ccc(C2(O)CC(C(=O)O)C2)cc1OC. The average molecular weight is 252 g/mol. The third-order valence-corrected chi connectivity index (χ3v) is 3.44. The van der Waals surface area contributed by atoms with Gasteiger partial charge in [0.05, 0.1) is 25.7 Å². The topological polar surface area (TPSA) is 76.0 Å². The van der Waals surface area contributed by atoms with Crippen LogP contribution in [0, 0.1) is 5.92 Å². The highest BCUT2D eigenvalue weighted by atomic mass is 16.5. The molecule has 98 valence electrons. The highest BCUT2D eigenvalue weighted by Gasteiger charge is 2.47. The summed E-state index contributed by atoms with van der Waals surface area (Å²) in [5.74, 6) is -0.218. The van der Waals surface area contributed by atoms with E-state index in [1.807, 2.05) is 0 Å². The van der Waals surface area contributed by atoms with Crippen LogP contribution in [0.3, 0.4) is 0 Å². The number of carboxylic acid groups (broad SMARTS) is 1. The number of rotatable bonds is 4. The lowest BCUT2D eigenvalue weighted by molar-refractivity contribution is -0.159. The molecule has 0 bridgehead atoms. The minimum absolute atomic E-state index is 0.234. The molecule has 0 saturated heterocycles. The van der Waals surface area contributed by atoms with E-state index in [2.05, 4.69) is 0 Å². The number of carboxylic acids is 1. The summed E-state index contributed by atoms with van der Waals surface area (Å²) in [5, 5.41) is 19.2. The largest absolute Gasteiger partial charge is 0.493 e. The van der Waals surface area contributed by atoms with Crippen molar-refractivity contribution in [1.29, 1.82) is 0 Å². The predicted molar refractivity (Wildman–Crippen MR) is 63.8 cm³/mol. The zero-order valence-corrected chi connectivity index (χ0v) is 10.3. The van der Waals surface area contributed by atoms with Crippen LogP contribution in [0.1, 0.15) is 18.4 Å². The molecular weight excluding hydrogens is 236 g/mol. The van der Waals surface area contributed by atoms with Crippen LogP contribution in [0.25, 0.3) is 0 Å². The van der Waals surface area contributed by atoms with Gasteiger partial charge in [-0.15, -0.1) is 0 Å². The van der Waals surface area contributed by atoms with Crippen molar-refractivity contribution in [2.45, 2.75) is 18.4 Å². The highest BCUT2D eigenvalue weighted by molar-refractivity contribution is 5.72. The van der Waals surface area contributed by atoms with Gasteiger partial charge in [0.25, 0.3) is 0 Å². The zero-order chi connectivity index (χ0) is 13.3. The molecular formula is C13H16O5. The van der Waals surface area contributed by atoms with Gasteiger partial charge in [0, 0.05) is 0 Å². The Morgan fingerprint density at radius 2 is 1.89 bits per heavy atom. The van der Waals surface area contributed by atoms with Crippen molar-refractivity contribution in [3.8, 4) is 11.5 Å². The van der Waals surface area contributed by atoms with Gasteiger partial charge >= 0.3 is 5.97 Å². The summed E-state index contributed by atoms with van der Waals surface area (Å²) in [6.45, 7) is 0. The fourth-order valence-corrected chi connectivity index (χ4v) is 2.29. The summed E-state index contributed by atoms with van der Waals surface area (Å²) in [6, 6.07) is 5.14. The molecule has 1 aromatic rings. The van der Waals surface area contributed by atoms with E-state index >= 15 is 0 Å². The van der Waals surface area contributed by atoms with Gasteiger partial charge in [-0.3, -0.25) is 4.79 Å². The monoisotopic (exact) mass is 252 g/mol. The fraction of sp³-hybridized carbons (Fsp3) is 0.462. The molecule has 5 nitrogen and oxygen atoms in total. The molecule has 1 aliphatic carbocycles. The van der Waals surface area contributed by atoms with Gasteiger partial charge in [0.15, 0.2) is 11.5 Å². The Balaban J connectivity index is 2.22. The summed E-state index contributed by atoms with van der Waals surface area (Å²) in [6.07, 6.45) is 0.468.